The number of nitro benzene ring substituents is 1. The van der Waals surface area contributed by atoms with Crippen LogP contribution in [-0.2, 0) is 0 Å². The minimum Gasteiger partial charge on any atom is -0.389 e. The molecule has 0 radical (unpaired) electrons. The summed E-state index contributed by atoms with van der Waals surface area (Å²) in [6, 6.07) is 5.92. The van der Waals surface area contributed by atoms with Gasteiger partial charge in [0, 0.05) is 24.8 Å². The number of nitro groups is 1. The summed E-state index contributed by atoms with van der Waals surface area (Å²) >= 11 is 0. The summed E-state index contributed by atoms with van der Waals surface area (Å²) in [6.45, 7) is 0.480. The predicted octanol–water partition coefficient (Wildman–Crippen LogP) is 0.00828. The second-order valence-corrected chi connectivity index (χ2v) is 4.11. The zero-order valence-electron chi connectivity index (χ0n) is 9.35. The number of hydrogen-bond acceptors (Lipinski definition) is 6. The number of anilines is 1. The van der Waals surface area contributed by atoms with Gasteiger partial charge in [-0.3, -0.25) is 10.1 Å². The lowest BCUT2D eigenvalue weighted by Crippen LogP contribution is -2.22. The van der Waals surface area contributed by atoms with E-state index in [1.165, 1.54) is 18.2 Å². The van der Waals surface area contributed by atoms with Gasteiger partial charge in [-0.25, -0.2) is 0 Å². The molecule has 1 aromatic rings. The van der Waals surface area contributed by atoms with Crippen LogP contribution in [-0.4, -0.2) is 40.4 Å². The van der Waals surface area contributed by atoms with Crippen LogP contribution in [0.5, 0.6) is 0 Å². The Kier molecular flexibility index (Phi) is 3.14. The lowest BCUT2D eigenvalue weighted by molar-refractivity contribution is -0.385. The third-order valence-electron chi connectivity index (χ3n) is 2.92. The molecule has 2 unspecified atom stereocenters. The van der Waals surface area contributed by atoms with Crippen LogP contribution < -0.4 is 4.90 Å². The van der Waals surface area contributed by atoms with Crippen LogP contribution in [0.3, 0.4) is 0 Å². The van der Waals surface area contributed by atoms with Crippen molar-refractivity contribution in [3.63, 3.8) is 0 Å². The number of aliphatic hydroxyl groups excluding tert-OH is 2. The van der Waals surface area contributed by atoms with Gasteiger partial charge in [0.15, 0.2) is 0 Å². The first-order chi connectivity index (χ1) is 8.52. The summed E-state index contributed by atoms with van der Waals surface area (Å²) in [5, 5.41) is 38.4. The Balaban J connectivity index is 2.32. The van der Waals surface area contributed by atoms with Crippen molar-refractivity contribution in [2.75, 3.05) is 18.0 Å². The first-order valence-electron chi connectivity index (χ1n) is 5.32. The molecule has 2 atom stereocenters. The van der Waals surface area contributed by atoms with Crippen LogP contribution in [0.2, 0.25) is 0 Å². The van der Waals surface area contributed by atoms with Crippen LogP contribution in [0.25, 0.3) is 0 Å². The van der Waals surface area contributed by atoms with Gasteiger partial charge in [-0.05, 0) is 12.1 Å². The fraction of sp³-hybridized carbons (Fsp3) is 0.364. The van der Waals surface area contributed by atoms with Gasteiger partial charge in [-0.2, -0.15) is 5.26 Å². The second kappa shape index (κ2) is 4.60. The Morgan fingerprint density at radius 3 is 2.50 bits per heavy atom. The molecule has 0 spiro atoms. The average molecular weight is 249 g/mol. The van der Waals surface area contributed by atoms with Crippen molar-refractivity contribution in [3.8, 4) is 6.07 Å². The third-order valence-corrected chi connectivity index (χ3v) is 2.92. The molecule has 7 nitrogen and oxygen atoms in total. The maximum Gasteiger partial charge on any atom is 0.287 e. The van der Waals surface area contributed by atoms with Gasteiger partial charge in [0.25, 0.3) is 5.69 Å². The van der Waals surface area contributed by atoms with Crippen molar-refractivity contribution in [2.45, 2.75) is 12.2 Å². The molecule has 0 amide bonds. The van der Waals surface area contributed by atoms with Crippen LogP contribution in [0, 0.1) is 21.4 Å². The Morgan fingerprint density at radius 1 is 1.39 bits per heavy atom. The van der Waals surface area contributed by atoms with Gasteiger partial charge < -0.3 is 15.1 Å². The summed E-state index contributed by atoms with van der Waals surface area (Å²) in [6.07, 6.45) is -1.68. The standard InChI is InChI=1S/C11H11N3O4/c12-4-7-3-8(1-2-9(7)14(17)18)13-5-10(15)11(16)6-13/h1-3,10-11,15-16H,5-6H2. The van der Waals surface area contributed by atoms with Crippen molar-refractivity contribution in [1.82, 2.24) is 0 Å². The van der Waals surface area contributed by atoms with Crippen LogP contribution in [0.4, 0.5) is 11.4 Å². The van der Waals surface area contributed by atoms with Gasteiger partial charge in [0.2, 0.25) is 0 Å². The third kappa shape index (κ3) is 2.11. The van der Waals surface area contributed by atoms with E-state index in [4.69, 9.17) is 5.26 Å². The minimum atomic E-state index is -0.842. The molecule has 0 saturated carbocycles. The molecule has 0 aliphatic carbocycles. The molecule has 1 aliphatic heterocycles. The molecule has 18 heavy (non-hydrogen) atoms. The molecule has 1 saturated heterocycles. The molecule has 1 fully saturated rings. The molecule has 1 heterocycles. The number of nitriles is 1. The highest BCUT2D eigenvalue weighted by atomic mass is 16.6. The lowest BCUT2D eigenvalue weighted by atomic mass is 10.1. The van der Waals surface area contributed by atoms with Gasteiger partial charge in [-0.1, -0.05) is 0 Å². The van der Waals surface area contributed by atoms with E-state index in [0.717, 1.165) is 0 Å². The van der Waals surface area contributed by atoms with E-state index < -0.39 is 17.1 Å². The smallest absolute Gasteiger partial charge is 0.287 e. The molecular weight excluding hydrogens is 238 g/mol. The van der Waals surface area contributed by atoms with Crippen molar-refractivity contribution in [2.24, 2.45) is 0 Å². The largest absolute Gasteiger partial charge is 0.389 e. The van der Waals surface area contributed by atoms with Gasteiger partial charge >= 0.3 is 0 Å². The Bertz CT molecular complexity index is 516. The zero-order chi connectivity index (χ0) is 13.3. The molecule has 0 aromatic heterocycles. The first kappa shape index (κ1) is 12.3. The Labute approximate surface area is 103 Å². The summed E-state index contributed by atoms with van der Waals surface area (Å²) in [5.74, 6) is 0. The number of β-amino-alcohol motifs (C(OH)–C–C–N with tert-alkyl or cyclic N) is 2. The number of benzene rings is 1. The zero-order valence-corrected chi connectivity index (χ0v) is 9.35. The maximum atomic E-state index is 10.7. The van der Waals surface area contributed by atoms with Crippen molar-refractivity contribution < 1.29 is 15.1 Å². The summed E-state index contributed by atoms with van der Waals surface area (Å²) in [7, 11) is 0. The topological polar surface area (TPSA) is 111 Å². The average Bonchev–Trinajstić information content (AvgIpc) is 2.68. The number of hydrogen-bond donors (Lipinski definition) is 2. The van der Waals surface area contributed by atoms with E-state index in [0.29, 0.717) is 5.69 Å². The normalized spacial score (nSPS) is 22.8. The number of nitrogens with zero attached hydrogens (tertiary/aromatic N) is 3. The SMILES string of the molecule is N#Cc1cc(N2CC(O)C(O)C2)ccc1[N+](=O)[O-]. The summed E-state index contributed by atoms with van der Waals surface area (Å²) < 4.78 is 0. The molecule has 94 valence electrons. The van der Waals surface area contributed by atoms with Crippen molar-refractivity contribution in [1.29, 1.82) is 5.26 Å². The van der Waals surface area contributed by atoms with E-state index in [2.05, 4.69) is 0 Å². The van der Waals surface area contributed by atoms with E-state index in [1.807, 2.05) is 0 Å². The maximum absolute atomic E-state index is 10.7. The summed E-state index contributed by atoms with van der Waals surface area (Å²) in [4.78, 5) is 11.7. The molecule has 0 bridgehead atoms. The first-order valence-corrected chi connectivity index (χ1v) is 5.32. The van der Waals surface area contributed by atoms with E-state index in [-0.39, 0.29) is 24.3 Å². The van der Waals surface area contributed by atoms with Gasteiger partial charge in [0.1, 0.15) is 11.6 Å². The molecule has 1 aromatic carbocycles. The fourth-order valence-corrected chi connectivity index (χ4v) is 1.95. The second-order valence-electron chi connectivity index (χ2n) is 4.11. The van der Waals surface area contributed by atoms with Gasteiger partial charge in [0.05, 0.1) is 17.1 Å². The fourth-order valence-electron chi connectivity index (χ4n) is 1.95. The highest BCUT2D eigenvalue weighted by Crippen LogP contribution is 2.26. The number of aliphatic hydroxyl groups is 2. The van der Waals surface area contributed by atoms with Crippen LogP contribution >= 0.6 is 0 Å². The van der Waals surface area contributed by atoms with Crippen LogP contribution in [0.15, 0.2) is 18.2 Å². The quantitative estimate of drug-likeness (QED) is 0.564. The molecule has 2 N–H and O–H groups in total. The monoisotopic (exact) mass is 249 g/mol. The highest BCUT2D eigenvalue weighted by Gasteiger charge is 2.30. The molecular formula is C11H11N3O4. The lowest BCUT2D eigenvalue weighted by Gasteiger charge is -2.17. The molecule has 1 aliphatic rings. The van der Waals surface area contributed by atoms with Gasteiger partial charge in [-0.15, -0.1) is 0 Å². The predicted molar refractivity (Wildman–Crippen MR) is 62.0 cm³/mol. The Morgan fingerprint density at radius 2 is 2.00 bits per heavy atom. The molecule has 7 heteroatoms. The minimum absolute atomic E-state index is 0.0339. The number of rotatable bonds is 2. The van der Waals surface area contributed by atoms with E-state index in [1.54, 1.807) is 11.0 Å². The summed E-state index contributed by atoms with van der Waals surface area (Å²) in [5.41, 5.74) is 0.294. The van der Waals surface area contributed by atoms with Crippen molar-refractivity contribution >= 4 is 11.4 Å². The molecule has 2 rings (SSSR count). The highest BCUT2D eigenvalue weighted by molar-refractivity contribution is 5.60. The van der Waals surface area contributed by atoms with E-state index in [9.17, 15) is 20.3 Å². The Hall–Kier alpha value is -2.17. The van der Waals surface area contributed by atoms with Crippen LogP contribution in [0.1, 0.15) is 5.56 Å². The van der Waals surface area contributed by atoms with Crippen molar-refractivity contribution in [3.05, 3.63) is 33.9 Å². The van der Waals surface area contributed by atoms with E-state index >= 15 is 0 Å².